The Kier molecular flexibility index (Phi) is 11.9. The van der Waals surface area contributed by atoms with Crippen molar-refractivity contribution in [3.05, 3.63) is 129 Å². The van der Waals surface area contributed by atoms with Crippen molar-refractivity contribution in [1.82, 2.24) is 0 Å². The summed E-state index contributed by atoms with van der Waals surface area (Å²) in [4.78, 5) is 1.31. The van der Waals surface area contributed by atoms with Gasteiger partial charge in [-0.25, -0.2) is 0 Å². The molecule has 3 aliphatic rings. The Balaban J connectivity index is 1.43. The van der Waals surface area contributed by atoms with Crippen molar-refractivity contribution >= 4 is 17.8 Å². The minimum Gasteiger partial charge on any atom is -0.474 e. The molecule has 1 heterocycles. The highest BCUT2D eigenvalue weighted by Gasteiger charge is 2.44. The maximum Gasteiger partial charge on any atom is 0.172 e. The van der Waals surface area contributed by atoms with Crippen LogP contribution in [0.4, 0.5) is 0 Å². The van der Waals surface area contributed by atoms with Crippen molar-refractivity contribution in [3.8, 4) is 18.2 Å². The lowest BCUT2D eigenvalue weighted by atomic mass is 9.75. The van der Waals surface area contributed by atoms with Gasteiger partial charge in [-0.1, -0.05) is 119 Å². The summed E-state index contributed by atoms with van der Waals surface area (Å²) >= 11 is 1.92. The fraction of sp³-hybridized carbons (Fsp3) is 0.386. The Hall–Kier alpha value is -4.50. The first-order valence-corrected chi connectivity index (χ1v) is 18.7. The second kappa shape index (κ2) is 16.3. The Labute approximate surface area is 297 Å². The second-order valence-corrected chi connectivity index (χ2v) is 15.5. The highest BCUT2D eigenvalue weighted by atomic mass is 32.2. The first kappa shape index (κ1) is 35.8. The fourth-order valence-electron chi connectivity index (χ4n) is 7.25. The largest absolute Gasteiger partial charge is 0.474 e. The molecule has 250 valence electrons. The first-order chi connectivity index (χ1) is 23.7. The summed E-state index contributed by atoms with van der Waals surface area (Å²) in [5.41, 5.74) is 5.64. The number of hydrogen-bond donors (Lipinski definition) is 0. The van der Waals surface area contributed by atoms with E-state index in [0.29, 0.717) is 11.5 Å². The topological polar surface area (TPSA) is 80.6 Å². The molecule has 0 spiro atoms. The molecule has 1 aliphatic heterocycles. The zero-order valence-electron chi connectivity index (χ0n) is 29.4. The molecule has 0 bridgehead atoms. The summed E-state index contributed by atoms with van der Waals surface area (Å²) in [7, 11) is 0. The average molecular weight is 666 g/mol. The van der Waals surface area contributed by atoms with Crippen molar-refractivity contribution < 1.29 is 4.74 Å². The molecule has 2 aromatic rings. The van der Waals surface area contributed by atoms with Crippen molar-refractivity contribution in [2.45, 2.75) is 102 Å². The molecule has 1 fully saturated rings. The minimum absolute atomic E-state index is 0.0531. The number of thioether (sulfide) groups is 1. The Morgan fingerprint density at radius 3 is 2.27 bits per heavy atom. The number of hydrogen-bond acceptors (Lipinski definition) is 5. The van der Waals surface area contributed by atoms with Gasteiger partial charge in [0, 0.05) is 10.5 Å². The van der Waals surface area contributed by atoms with Crippen molar-refractivity contribution in [1.29, 1.82) is 15.8 Å². The number of nitrogens with zero attached hydrogens (tertiary/aromatic N) is 3. The number of nitriles is 3. The van der Waals surface area contributed by atoms with Crippen LogP contribution in [0, 0.1) is 39.4 Å². The molecule has 0 amide bonds. The third-order valence-corrected chi connectivity index (χ3v) is 11.0. The van der Waals surface area contributed by atoms with Crippen LogP contribution in [0.3, 0.4) is 0 Å². The van der Waals surface area contributed by atoms with Gasteiger partial charge in [0.15, 0.2) is 16.9 Å². The van der Waals surface area contributed by atoms with E-state index >= 15 is 0 Å². The third kappa shape index (κ3) is 8.76. The molecule has 49 heavy (non-hydrogen) atoms. The summed E-state index contributed by atoms with van der Waals surface area (Å²) < 4.78 is 6.42. The van der Waals surface area contributed by atoms with Gasteiger partial charge in [-0.15, -0.1) is 11.8 Å². The van der Waals surface area contributed by atoms with Gasteiger partial charge in [-0.2, -0.15) is 15.8 Å². The van der Waals surface area contributed by atoms with E-state index in [9.17, 15) is 15.8 Å². The van der Waals surface area contributed by atoms with Gasteiger partial charge in [-0.05, 0) is 96.1 Å². The van der Waals surface area contributed by atoms with E-state index in [1.807, 2.05) is 43.0 Å². The van der Waals surface area contributed by atoms with Crippen LogP contribution in [0.25, 0.3) is 6.08 Å². The van der Waals surface area contributed by atoms with Crippen LogP contribution in [-0.4, -0.2) is 5.75 Å². The van der Waals surface area contributed by atoms with Crippen molar-refractivity contribution in [2.75, 3.05) is 5.75 Å². The number of rotatable bonds is 10. The maximum atomic E-state index is 10.3. The summed E-state index contributed by atoms with van der Waals surface area (Å²) in [5, 5.41) is 29.7. The lowest BCUT2D eigenvalue weighted by molar-refractivity contribution is 0.0754. The molecule has 0 saturated heterocycles. The van der Waals surface area contributed by atoms with Gasteiger partial charge >= 0.3 is 0 Å². The number of unbranched alkanes of at least 4 members (excludes halogenated alkanes) is 1. The van der Waals surface area contributed by atoms with Gasteiger partial charge in [0.1, 0.15) is 23.8 Å². The van der Waals surface area contributed by atoms with E-state index in [1.165, 1.54) is 72.1 Å². The lowest BCUT2D eigenvalue weighted by Gasteiger charge is -2.30. The Morgan fingerprint density at radius 1 is 0.898 bits per heavy atom. The van der Waals surface area contributed by atoms with E-state index in [0.717, 1.165) is 24.2 Å². The molecule has 5 heteroatoms. The zero-order chi connectivity index (χ0) is 34.9. The van der Waals surface area contributed by atoms with Gasteiger partial charge in [-0.3, -0.25) is 0 Å². The van der Waals surface area contributed by atoms with E-state index in [1.54, 1.807) is 0 Å². The molecular formula is C44H47N3OS. The summed E-state index contributed by atoms with van der Waals surface area (Å²) in [5.74, 6) is 1.78. The molecular weight excluding hydrogens is 619 g/mol. The quantitative estimate of drug-likeness (QED) is 0.143. The molecule has 4 nitrogen and oxygen atoms in total. The summed E-state index contributed by atoms with van der Waals surface area (Å²) in [6, 6.07) is 23.4. The molecule has 1 unspecified atom stereocenters. The fourth-order valence-corrected chi connectivity index (χ4v) is 8.25. The molecule has 2 aliphatic carbocycles. The van der Waals surface area contributed by atoms with Crippen LogP contribution >= 0.6 is 11.8 Å². The van der Waals surface area contributed by atoms with E-state index in [2.05, 4.69) is 99.7 Å². The van der Waals surface area contributed by atoms with E-state index < -0.39 is 5.60 Å². The molecule has 1 saturated carbocycles. The highest BCUT2D eigenvalue weighted by Crippen LogP contribution is 2.47. The molecule has 5 rings (SSSR count). The van der Waals surface area contributed by atoms with Gasteiger partial charge in [0.25, 0.3) is 0 Å². The lowest BCUT2D eigenvalue weighted by Crippen LogP contribution is -2.23. The zero-order valence-corrected chi connectivity index (χ0v) is 30.2. The van der Waals surface area contributed by atoms with E-state index in [4.69, 9.17) is 4.74 Å². The van der Waals surface area contributed by atoms with Crippen molar-refractivity contribution in [3.63, 3.8) is 0 Å². The summed E-state index contributed by atoms with van der Waals surface area (Å²) in [6.07, 6.45) is 23.3. The predicted octanol–water partition coefficient (Wildman–Crippen LogP) is 11.9. The second-order valence-electron chi connectivity index (χ2n) is 14.4. The van der Waals surface area contributed by atoms with Crippen LogP contribution in [0.15, 0.2) is 117 Å². The number of benzene rings is 2. The van der Waals surface area contributed by atoms with Gasteiger partial charge in [0.05, 0.1) is 0 Å². The monoisotopic (exact) mass is 665 g/mol. The molecule has 1 atom stereocenters. The normalized spacial score (nSPS) is 21.8. The molecule has 0 aromatic heterocycles. The Bertz CT molecular complexity index is 1810. The van der Waals surface area contributed by atoms with Gasteiger partial charge < -0.3 is 4.74 Å². The smallest absolute Gasteiger partial charge is 0.172 e. The molecule has 0 N–H and O–H groups in total. The van der Waals surface area contributed by atoms with Crippen LogP contribution in [-0.2, 0) is 10.3 Å². The maximum absolute atomic E-state index is 10.3. The van der Waals surface area contributed by atoms with Crippen LogP contribution in [0.1, 0.15) is 108 Å². The summed E-state index contributed by atoms with van der Waals surface area (Å²) in [6.45, 7) is 8.75. The predicted molar refractivity (Wildman–Crippen MR) is 201 cm³/mol. The molecule has 0 radical (unpaired) electrons. The highest BCUT2D eigenvalue weighted by molar-refractivity contribution is 7.99. The third-order valence-electron chi connectivity index (χ3n) is 9.86. The molecule has 2 aromatic carbocycles. The Morgan fingerprint density at radius 2 is 1.61 bits per heavy atom. The van der Waals surface area contributed by atoms with Crippen LogP contribution in [0.5, 0.6) is 0 Å². The SMILES string of the molecule is CCCCSc1ccc(/C=C/C2=CC(=C\C=C\C3=C(C#N)C(=C(C#N)C#N)OC3(C)c3ccc(C4CCCCC4)cc3)/CC(C)(C)C2)cc1. The number of allylic oxidation sites excluding steroid dienone is 8. The van der Waals surface area contributed by atoms with E-state index in [-0.39, 0.29) is 22.3 Å². The van der Waals surface area contributed by atoms with Crippen LogP contribution < -0.4 is 0 Å². The van der Waals surface area contributed by atoms with Gasteiger partial charge in [0.2, 0.25) is 0 Å². The first-order valence-electron chi connectivity index (χ1n) is 17.7. The average Bonchev–Trinajstić information content (AvgIpc) is 3.40. The van der Waals surface area contributed by atoms with Crippen LogP contribution in [0.2, 0.25) is 0 Å². The standard InChI is InChI=1S/C44H47N3OS/c1-5-6-25-49-39-23-17-32(18-24-39)15-16-34-26-33(27-43(2,3)28-34)11-10-14-41-40(31-47)42(37(29-45)30-46)48-44(41,4)38-21-19-36(20-22-38)35-12-8-7-9-13-35/h10-11,14-24,26,35H,5-9,12-13,25,27-28H2,1-4H3/b14-10+,16-15+,33-11+. The minimum atomic E-state index is -1.03. The van der Waals surface area contributed by atoms with Crippen molar-refractivity contribution in [2.24, 2.45) is 5.41 Å². The number of ether oxygens (including phenoxy) is 1.